The quantitative estimate of drug-likeness (QED) is 0.654. The second-order valence-electron chi connectivity index (χ2n) is 7.11. The number of carbonyl (C=O) groups is 1. The second-order valence-corrected chi connectivity index (χ2v) is 7.11. The maximum Gasteiger partial charge on any atom is 0.263 e. The Bertz CT molecular complexity index is 955. The van der Waals surface area contributed by atoms with E-state index in [0.717, 1.165) is 44.0 Å². The molecule has 0 radical (unpaired) electrons. The van der Waals surface area contributed by atoms with Crippen molar-refractivity contribution in [1.29, 1.82) is 0 Å². The van der Waals surface area contributed by atoms with Gasteiger partial charge in [0.05, 0.1) is 25.1 Å². The van der Waals surface area contributed by atoms with Crippen molar-refractivity contribution in [1.82, 2.24) is 4.98 Å². The molecule has 1 aliphatic rings. The summed E-state index contributed by atoms with van der Waals surface area (Å²) in [5, 5.41) is 2.79. The molecule has 2 heterocycles. The van der Waals surface area contributed by atoms with Crippen molar-refractivity contribution >= 4 is 17.4 Å². The van der Waals surface area contributed by atoms with Gasteiger partial charge >= 0.3 is 0 Å². The number of nitrogens with zero attached hydrogens (tertiary/aromatic N) is 2. The molecule has 0 aliphatic carbocycles. The predicted molar refractivity (Wildman–Crippen MR) is 117 cm³/mol. The third-order valence-electron chi connectivity index (χ3n) is 4.96. The van der Waals surface area contributed by atoms with Gasteiger partial charge in [0.1, 0.15) is 11.6 Å². The molecular weight excluding hydrogens is 378 g/mol. The average molecular weight is 403 g/mol. The Morgan fingerprint density at radius 1 is 1.00 bits per heavy atom. The Balaban J connectivity index is 1.32. The number of nitrogens with one attached hydrogen (secondary N) is 1. The fraction of sp³-hybridized carbons (Fsp3) is 0.250. The summed E-state index contributed by atoms with van der Waals surface area (Å²) in [4.78, 5) is 18.9. The van der Waals surface area contributed by atoms with Crippen LogP contribution in [-0.4, -0.2) is 43.8 Å². The zero-order valence-electron chi connectivity index (χ0n) is 16.8. The van der Waals surface area contributed by atoms with Gasteiger partial charge in [0.15, 0.2) is 6.61 Å². The van der Waals surface area contributed by atoms with E-state index in [2.05, 4.69) is 27.3 Å². The molecule has 0 unspecified atom stereocenters. The molecule has 6 nitrogen and oxygen atoms in total. The minimum absolute atomic E-state index is 0.0707. The Labute approximate surface area is 176 Å². The maximum atomic E-state index is 12.3. The number of hydrogen-bond acceptors (Lipinski definition) is 5. The highest BCUT2D eigenvalue weighted by Gasteiger charge is 2.12. The summed E-state index contributed by atoms with van der Waals surface area (Å²) in [6.07, 6.45) is 2.53. The lowest BCUT2D eigenvalue weighted by atomic mass is 10.0. The Morgan fingerprint density at radius 3 is 2.53 bits per heavy atom. The first-order chi connectivity index (χ1) is 14.8. The minimum Gasteiger partial charge on any atom is -0.483 e. The van der Waals surface area contributed by atoms with Crippen LogP contribution in [0.2, 0.25) is 0 Å². The largest absolute Gasteiger partial charge is 0.483 e. The molecule has 1 N–H and O–H groups in total. The van der Waals surface area contributed by atoms with Crippen LogP contribution < -0.4 is 15.0 Å². The molecule has 30 heavy (non-hydrogen) atoms. The summed E-state index contributed by atoms with van der Waals surface area (Å²) in [5.74, 6) is 0.987. The summed E-state index contributed by atoms with van der Waals surface area (Å²) in [7, 11) is 0. The maximum absolute atomic E-state index is 12.3. The van der Waals surface area contributed by atoms with Crippen LogP contribution in [0, 0.1) is 0 Å². The summed E-state index contributed by atoms with van der Waals surface area (Å²) in [6, 6.07) is 21.8. The number of para-hydroxylation sites is 1. The number of morpholine rings is 1. The van der Waals surface area contributed by atoms with Crippen molar-refractivity contribution in [3.8, 4) is 5.75 Å². The standard InChI is InChI=1S/C24H25N3O3/c28-24(26-23-11-10-21(17-25-23)27-12-14-29-15-13-27)18-30-22-9-5-4-8-20(22)16-19-6-2-1-3-7-19/h1-11,17H,12-16,18H2,(H,25,26,28). The zero-order chi connectivity index (χ0) is 20.6. The molecular formula is C24H25N3O3. The molecule has 1 aromatic heterocycles. The molecule has 1 aliphatic heterocycles. The van der Waals surface area contributed by atoms with Crippen LogP contribution in [0.3, 0.4) is 0 Å². The molecule has 0 bridgehead atoms. The summed E-state index contributed by atoms with van der Waals surface area (Å²) < 4.78 is 11.2. The molecule has 1 amide bonds. The molecule has 2 aromatic carbocycles. The number of hydrogen-bond donors (Lipinski definition) is 1. The highest BCUT2D eigenvalue weighted by molar-refractivity contribution is 5.91. The smallest absolute Gasteiger partial charge is 0.263 e. The first-order valence-electron chi connectivity index (χ1n) is 10.1. The van der Waals surface area contributed by atoms with Crippen LogP contribution in [0.15, 0.2) is 72.9 Å². The molecule has 154 valence electrons. The van der Waals surface area contributed by atoms with E-state index >= 15 is 0 Å². The minimum atomic E-state index is -0.240. The fourth-order valence-electron chi connectivity index (χ4n) is 3.40. The number of aromatic nitrogens is 1. The van der Waals surface area contributed by atoms with E-state index in [4.69, 9.17) is 9.47 Å². The van der Waals surface area contributed by atoms with E-state index in [1.807, 2.05) is 54.6 Å². The first-order valence-corrected chi connectivity index (χ1v) is 10.1. The molecule has 1 saturated heterocycles. The van der Waals surface area contributed by atoms with E-state index in [1.54, 1.807) is 6.20 Å². The average Bonchev–Trinajstić information content (AvgIpc) is 2.80. The highest BCUT2D eigenvalue weighted by Crippen LogP contribution is 2.21. The van der Waals surface area contributed by atoms with Gasteiger partial charge in [-0.3, -0.25) is 4.79 Å². The summed E-state index contributed by atoms with van der Waals surface area (Å²) in [5.41, 5.74) is 3.27. The Hall–Kier alpha value is -3.38. The van der Waals surface area contributed by atoms with E-state index in [-0.39, 0.29) is 12.5 Å². The van der Waals surface area contributed by atoms with Gasteiger partial charge in [-0.25, -0.2) is 4.98 Å². The van der Waals surface area contributed by atoms with Crippen molar-refractivity contribution in [2.75, 3.05) is 43.1 Å². The molecule has 3 aromatic rings. The Morgan fingerprint density at radius 2 is 1.77 bits per heavy atom. The van der Waals surface area contributed by atoms with Crippen molar-refractivity contribution < 1.29 is 14.3 Å². The van der Waals surface area contributed by atoms with Crippen LogP contribution in [0.1, 0.15) is 11.1 Å². The first kappa shape index (κ1) is 19.9. The van der Waals surface area contributed by atoms with E-state index < -0.39 is 0 Å². The second kappa shape index (κ2) is 9.89. The van der Waals surface area contributed by atoms with Crippen molar-refractivity contribution in [2.45, 2.75) is 6.42 Å². The normalized spacial score (nSPS) is 13.7. The van der Waals surface area contributed by atoms with Gasteiger partial charge in [-0.05, 0) is 29.3 Å². The van der Waals surface area contributed by atoms with Gasteiger partial charge in [0, 0.05) is 19.5 Å². The van der Waals surface area contributed by atoms with Crippen molar-refractivity contribution in [2.24, 2.45) is 0 Å². The summed E-state index contributed by atoms with van der Waals surface area (Å²) in [6.45, 7) is 3.08. The number of rotatable bonds is 7. The molecule has 4 rings (SSSR count). The fourth-order valence-corrected chi connectivity index (χ4v) is 3.40. The van der Waals surface area contributed by atoms with Crippen LogP contribution >= 0.6 is 0 Å². The summed E-state index contributed by atoms with van der Waals surface area (Å²) >= 11 is 0. The van der Waals surface area contributed by atoms with Gasteiger partial charge in [-0.15, -0.1) is 0 Å². The van der Waals surface area contributed by atoms with E-state index in [0.29, 0.717) is 11.6 Å². The van der Waals surface area contributed by atoms with Crippen molar-refractivity contribution in [3.05, 3.63) is 84.1 Å². The van der Waals surface area contributed by atoms with Gasteiger partial charge < -0.3 is 19.7 Å². The van der Waals surface area contributed by atoms with Crippen LogP contribution in [0.5, 0.6) is 5.75 Å². The third kappa shape index (κ3) is 5.36. The van der Waals surface area contributed by atoms with Crippen LogP contribution in [0.25, 0.3) is 0 Å². The van der Waals surface area contributed by atoms with Gasteiger partial charge in [0.2, 0.25) is 0 Å². The highest BCUT2D eigenvalue weighted by atomic mass is 16.5. The van der Waals surface area contributed by atoms with Gasteiger partial charge in [-0.2, -0.15) is 0 Å². The number of pyridine rings is 1. The number of ether oxygens (including phenoxy) is 2. The molecule has 0 spiro atoms. The van der Waals surface area contributed by atoms with Crippen LogP contribution in [-0.2, 0) is 16.0 Å². The molecule has 1 fully saturated rings. The number of anilines is 2. The topological polar surface area (TPSA) is 63.7 Å². The SMILES string of the molecule is O=C(COc1ccccc1Cc1ccccc1)Nc1ccc(N2CCOCC2)cn1. The van der Waals surface area contributed by atoms with Gasteiger partial charge in [-0.1, -0.05) is 48.5 Å². The molecule has 0 saturated carbocycles. The zero-order valence-corrected chi connectivity index (χ0v) is 16.8. The molecule has 0 atom stereocenters. The van der Waals surface area contributed by atoms with E-state index in [1.165, 1.54) is 5.56 Å². The predicted octanol–water partition coefficient (Wildman–Crippen LogP) is 3.53. The van der Waals surface area contributed by atoms with Gasteiger partial charge in [0.25, 0.3) is 5.91 Å². The lowest BCUT2D eigenvalue weighted by Gasteiger charge is -2.28. The lowest BCUT2D eigenvalue weighted by molar-refractivity contribution is -0.118. The monoisotopic (exact) mass is 403 g/mol. The number of benzene rings is 2. The van der Waals surface area contributed by atoms with Crippen LogP contribution in [0.4, 0.5) is 11.5 Å². The molecule has 6 heteroatoms. The third-order valence-corrected chi connectivity index (χ3v) is 4.96. The number of carbonyl (C=O) groups excluding carboxylic acids is 1. The van der Waals surface area contributed by atoms with E-state index in [9.17, 15) is 4.79 Å². The van der Waals surface area contributed by atoms with Crippen molar-refractivity contribution in [3.63, 3.8) is 0 Å². The lowest BCUT2D eigenvalue weighted by Crippen LogP contribution is -2.36. The number of amides is 1. The Kier molecular flexibility index (Phi) is 6.57.